The molecule has 0 saturated heterocycles. The Kier molecular flexibility index (Phi) is 9.27. The van der Waals surface area contributed by atoms with E-state index in [2.05, 4.69) is 30.9 Å². The summed E-state index contributed by atoms with van der Waals surface area (Å²) >= 11 is 0. The SMILES string of the molecule is CC.CNc1cccc(NCCc2cccc(NCCc3ccccn3)n2)n1. The highest BCUT2D eigenvalue weighted by Gasteiger charge is 2.00. The van der Waals surface area contributed by atoms with E-state index in [0.717, 1.165) is 54.8 Å². The summed E-state index contributed by atoms with van der Waals surface area (Å²) in [5.74, 6) is 2.61. The lowest BCUT2D eigenvalue weighted by atomic mass is 10.2. The first-order valence-electron chi connectivity index (χ1n) is 9.82. The zero-order valence-corrected chi connectivity index (χ0v) is 16.9. The van der Waals surface area contributed by atoms with Crippen LogP contribution in [0.1, 0.15) is 25.2 Å². The van der Waals surface area contributed by atoms with Gasteiger partial charge >= 0.3 is 0 Å². The van der Waals surface area contributed by atoms with Crippen molar-refractivity contribution < 1.29 is 0 Å². The van der Waals surface area contributed by atoms with Gasteiger partial charge in [0, 0.05) is 50.6 Å². The molecule has 3 N–H and O–H groups in total. The van der Waals surface area contributed by atoms with Crippen LogP contribution >= 0.6 is 0 Å². The molecule has 0 bridgehead atoms. The molecule has 0 fully saturated rings. The smallest absolute Gasteiger partial charge is 0.128 e. The van der Waals surface area contributed by atoms with Crippen molar-refractivity contribution in [2.75, 3.05) is 36.1 Å². The molecular weight excluding hydrogens is 348 g/mol. The Morgan fingerprint density at radius 2 is 1.29 bits per heavy atom. The van der Waals surface area contributed by atoms with E-state index in [9.17, 15) is 0 Å². The van der Waals surface area contributed by atoms with Crippen LogP contribution < -0.4 is 16.0 Å². The van der Waals surface area contributed by atoms with Gasteiger partial charge in [-0.05, 0) is 36.4 Å². The topological polar surface area (TPSA) is 74.8 Å². The maximum atomic E-state index is 4.66. The van der Waals surface area contributed by atoms with Crippen LogP contribution in [0.25, 0.3) is 0 Å². The minimum absolute atomic E-state index is 0.782. The molecule has 3 rings (SSSR count). The first kappa shape index (κ1) is 21.2. The van der Waals surface area contributed by atoms with Crippen LogP contribution in [-0.4, -0.2) is 35.1 Å². The second kappa shape index (κ2) is 12.3. The quantitative estimate of drug-likeness (QED) is 0.517. The number of anilines is 3. The second-order valence-electron chi connectivity index (χ2n) is 5.85. The summed E-state index contributed by atoms with van der Waals surface area (Å²) < 4.78 is 0. The molecule has 0 saturated carbocycles. The number of nitrogens with one attached hydrogen (secondary N) is 3. The summed E-state index contributed by atoms with van der Waals surface area (Å²) in [7, 11) is 1.86. The van der Waals surface area contributed by atoms with Crippen molar-refractivity contribution in [3.05, 3.63) is 72.2 Å². The molecule has 0 atom stereocenters. The molecule has 3 aromatic heterocycles. The molecule has 0 spiro atoms. The predicted octanol–water partition coefficient (Wildman–Crippen LogP) is 4.25. The highest BCUT2D eigenvalue weighted by molar-refractivity contribution is 5.44. The molecule has 28 heavy (non-hydrogen) atoms. The Balaban J connectivity index is 0.00000136. The van der Waals surface area contributed by atoms with Gasteiger partial charge in [-0.1, -0.05) is 32.0 Å². The molecular formula is C22H30N6. The van der Waals surface area contributed by atoms with Crippen molar-refractivity contribution in [1.82, 2.24) is 15.0 Å². The molecule has 148 valence electrons. The van der Waals surface area contributed by atoms with Crippen molar-refractivity contribution in [1.29, 1.82) is 0 Å². The van der Waals surface area contributed by atoms with E-state index in [1.807, 2.05) is 81.7 Å². The molecule has 0 aliphatic carbocycles. The molecule has 0 aliphatic heterocycles. The average molecular weight is 379 g/mol. The van der Waals surface area contributed by atoms with Gasteiger partial charge in [0.2, 0.25) is 0 Å². The lowest BCUT2D eigenvalue weighted by Gasteiger charge is -2.09. The zero-order chi connectivity index (χ0) is 20.0. The lowest BCUT2D eigenvalue weighted by molar-refractivity contribution is 0.929. The van der Waals surface area contributed by atoms with E-state index in [-0.39, 0.29) is 0 Å². The largest absolute Gasteiger partial charge is 0.373 e. The summed E-state index contributed by atoms with van der Waals surface area (Å²) in [6.45, 7) is 5.59. The molecule has 3 aromatic rings. The molecule has 6 heteroatoms. The van der Waals surface area contributed by atoms with Crippen LogP contribution in [0.4, 0.5) is 17.5 Å². The second-order valence-corrected chi connectivity index (χ2v) is 5.85. The van der Waals surface area contributed by atoms with E-state index >= 15 is 0 Å². The number of rotatable bonds is 9. The van der Waals surface area contributed by atoms with Gasteiger partial charge in [0.25, 0.3) is 0 Å². The fourth-order valence-corrected chi connectivity index (χ4v) is 2.57. The number of nitrogens with zero attached hydrogens (tertiary/aromatic N) is 3. The number of hydrogen-bond donors (Lipinski definition) is 3. The maximum Gasteiger partial charge on any atom is 0.128 e. The third kappa shape index (κ3) is 7.23. The summed E-state index contributed by atoms with van der Waals surface area (Å²) in [5, 5.41) is 9.73. The predicted molar refractivity (Wildman–Crippen MR) is 118 cm³/mol. The first-order valence-corrected chi connectivity index (χ1v) is 9.82. The van der Waals surface area contributed by atoms with E-state index in [1.54, 1.807) is 0 Å². The van der Waals surface area contributed by atoms with E-state index < -0.39 is 0 Å². The van der Waals surface area contributed by atoms with Crippen molar-refractivity contribution in [3.63, 3.8) is 0 Å². The molecule has 3 heterocycles. The zero-order valence-electron chi connectivity index (χ0n) is 16.9. The minimum Gasteiger partial charge on any atom is -0.373 e. The first-order chi connectivity index (χ1) is 13.8. The molecule has 0 unspecified atom stereocenters. The molecule has 0 aromatic carbocycles. The summed E-state index contributed by atoms with van der Waals surface area (Å²) in [4.78, 5) is 13.4. The van der Waals surface area contributed by atoms with Gasteiger partial charge in [0.05, 0.1) is 0 Å². The summed E-state index contributed by atoms with van der Waals surface area (Å²) in [5.41, 5.74) is 2.13. The van der Waals surface area contributed by atoms with Crippen molar-refractivity contribution in [2.45, 2.75) is 26.7 Å². The molecule has 0 radical (unpaired) electrons. The Morgan fingerprint density at radius 1 is 0.679 bits per heavy atom. The molecule has 0 aliphatic rings. The Morgan fingerprint density at radius 3 is 1.96 bits per heavy atom. The van der Waals surface area contributed by atoms with Gasteiger partial charge in [-0.3, -0.25) is 4.98 Å². The summed E-state index contributed by atoms with van der Waals surface area (Å²) in [6.07, 6.45) is 3.53. The maximum absolute atomic E-state index is 4.66. The van der Waals surface area contributed by atoms with Gasteiger partial charge in [-0.15, -0.1) is 0 Å². The van der Waals surface area contributed by atoms with Gasteiger partial charge in [0.1, 0.15) is 17.5 Å². The highest BCUT2D eigenvalue weighted by Crippen LogP contribution is 2.09. The van der Waals surface area contributed by atoms with Gasteiger partial charge < -0.3 is 16.0 Å². The molecule has 6 nitrogen and oxygen atoms in total. The third-order valence-corrected chi connectivity index (χ3v) is 3.91. The van der Waals surface area contributed by atoms with Crippen LogP contribution in [0.3, 0.4) is 0 Å². The van der Waals surface area contributed by atoms with Crippen LogP contribution in [0.5, 0.6) is 0 Å². The van der Waals surface area contributed by atoms with Crippen LogP contribution in [0, 0.1) is 0 Å². The summed E-state index contributed by atoms with van der Waals surface area (Å²) in [6, 6.07) is 17.9. The van der Waals surface area contributed by atoms with Gasteiger partial charge in [-0.25, -0.2) is 9.97 Å². The van der Waals surface area contributed by atoms with Crippen LogP contribution in [-0.2, 0) is 12.8 Å². The van der Waals surface area contributed by atoms with Crippen molar-refractivity contribution in [3.8, 4) is 0 Å². The monoisotopic (exact) mass is 378 g/mol. The normalized spacial score (nSPS) is 9.82. The van der Waals surface area contributed by atoms with E-state index in [0.29, 0.717) is 0 Å². The number of hydrogen-bond acceptors (Lipinski definition) is 6. The Labute approximate surface area is 167 Å². The fraction of sp³-hybridized carbons (Fsp3) is 0.318. The number of pyridine rings is 3. The highest BCUT2D eigenvalue weighted by atomic mass is 15.0. The standard InChI is InChI=1S/C20H24N6.C2H6/c1-21-18-8-5-10-20(26-18)24-15-12-17-7-4-9-19(25-17)23-14-11-16-6-2-3-13-22-16;1-2/h2-10,13H,11-12,14-15H2,1H3,(H,23,25)(H2,21,24,26);1-2H3. The minimum atomic E-state index is 0.782. The van der Waals surface area contributed by atoms with E-state index in [1.165, 1.54) is 0 Å². The van der Waals surface area contributed by atoms with Crippen molar-refractivity contribution in [2.24, 2.45) is 0 Å². The lowest BCUT2D eigenvalue weighted by Crippen LogP contribution is -2.10. The number of aromatic nitrogens is 3. The van der Waals surface area contributed by atoms with Gasteiger partial charge in [0.15, 0.2) is 0 Å². The molecule has 0 amide bonds. The van der Waals surface area contributed by atoms with Crippen LogP contribution in [0.15, 0.2) is 60.8 Å². The van der Waals surface area contributed by atoms with Crippen molar-refractivity contribution >= 4 is 17.5 Å². The third-order valence-electron chi connectivity index (χ3n) is 3.91. The van der Waals surface area contributed by atoms with Crippen LogP contribution in [0.2, 0.25) is 0 Å². The fourth-order valence-electron chi connectivity index (χ4n) is 2.57. The average Bonchev–Trinajstić information content (AvgIpc) is 2.76. The van der Waals surface area contributed by atoms with Gasteiger partial charge in [-0.2, -0.15) is 0 Å². The Bertz CT molecular complexity index is 807. The van der Waals surface area contributed by atoms with E-state index in [4.69, 9.17) is 0 Å². The Hall–Kier alpha value is -3.15.